The van der Waals surface area contributed by atoms with Gasteiger partial charge in [0.15, 0.2) is 5.65 Å². The summed E-state index contributed by atoms with van der Waals surface area (Å²) in [6.07, 6.45) is 1.59. The molecule has 5 heteroatoms. The van der Waals surface area contributed by atoms with Crippen LogP contribution in [0.4, 0.5) is 0 Å². The van der Waals surface area contributed by atoms with Crippen molar-refractivity contribution in [1.82, 2.24) is 15.0 Å². The predicted molar refractivity (Wildman–Crippen MR) is 62.7 cm³/mol. The van der Waals surface area contributed by atoms with Crippen molar-refractivity contribution in [3.8, 4) is 0 Å². The average Bonchev–Trinajstić information content (AvgIpc) is 2.27. The standard InChI is InChI=1S/C11H6ClN3O/c12-8-3-4-13-11-7(8)5-6-1-2-9(16)14-10(6)15-11/h1-5H,(H,13,14,15,16). The summed E-state index contributed by atoms with van der Waals surface area (Å²) < 4.78 is 0. The third kappa shape index (κ3) is 1.35. The Morgan fingerprint density at radius 2 is 2.12 bits per heavy atom. The van der Waals surface area contributed by atoms with Crippen molar-refractivity contribution in [3.63, 3.8) is 0 Å². The summed E-state index contributed by atoms with van der Waals surface area (Å²) in [6.45, 7) is 0. The van der Waals surface area contributed by atoms with Gasteiger partial charge in [0.05, 0.1) is 5.02 Å². The highest BCUT2D eigenvalue weighted by atomic mass is 35.5. The Morgan fingerprint density at radius 3 is 3.00 bits per heavy atom. The first-order valence-electron chi connectivity index (χ1n) is 4.68. The number of aromatic amines is 1. The summed E-state index contributed by atoms with van der Waals surface area (Å²) in [6, 6.07) is 6.75. The Bertz CT molecular complexity index is 751. The lowest BCUT2D eigenvalue weighted by Gasteiger charge is -2.01. The van der Waals surface area contributed by atoms with Gasteiger partial charge < -0.3 is 4.98 Å². The lowest BCUT2D eigenvalue weighted by molar-refractivity contribution is 1.23. The number of hydrogen-bond acceptors (Lipinski definition) is 3. The van der Waals surface area contributed by atoms with Gasteiger partial charge in [-0.15, -0.1) is 0 Å². The SMILES string of the molecule is O=c1ccc2cc3c(Cl)ccnc3nc2[nH]1. The fourth-order valence-electron chi connectivity index (χ4n) is 1.61. The van der Waals surface area contributed by atoms with Crippen LogP contribution in [0.15, 0.2) is 35.3 Å². The van der Waals surface area contributed by atoms with Gasteiger partial charge in [0.2, 0.25) is 5.56 Å². The van der Waals surface area contributed by atoms with Crippen molar-refractivity contribution in [2.45, 2.75) is 0 Å². The van der Waals surface area contributed by atoms with E-state index >= 15 is 0 Å². The maximum atomic E-state index is 11.1. The molecule has 0 bridgehead atoms. The fraction of sp³-hybridized carbons (Fsp3) is 0. The molecule has 3 heterocycles. The first-order valence-corrected chi connectivity index (χ1v) is 5.06. The van der Waals surface area contributed by atoms with Gasteiger partial charge in [-0.1, -0.05) is 11.6 Å². The quantitative estimate of drug-likeness (QED) is 0.603. The molecule has 3 rings (SSSR count). The number of H-pyrrole nitrogens is 1. The van der Waals surface area contributed by atoms with E-state index in [2.05, 4.69) is 15.0 Å². The van der Waals surface area contributed by atoms with E-state index in [0.717, 1.165) is 10.8 Å². The molecule has 3 aromatic rings. The molecule has 0 unspecified atom stereocenters. The van der Waals surface area contributed by atoms with E-state index in [0.29, 0.717) is 16.3 Å². The van der Waals surface area contributed by atoms with Crippen LogP contribution in [0.2, 0.25) is 5.02 Å². The van der Waals surface area contributed by atoms with Gasteiger partial charge in [-0.05, 0) is 18.2 Å². The van der Waals surface area contributed by atoms with E-state index in [1.54, 1.807) is 18.3 Å². The van der Waals surface area contributed by atoms with Crippen molar-refractivity contribution < 1.29 is 0 Å². The second-order valence-electron chi connectivity index (χ2n) is 3.41. The van der Waals surface area contributed by atoms with Crippen LogP contribution < -0.4 is 5.56 Å². The highest BCUT2D eigenvalue weighted by Gasteiger charge is 2.04. The molecular weight excluding hydrogens is 226 g/mol. The van der Waals surface area contributed by atoms with Gasteiger partial charge in [-0.3, -0.25) is 4.79 Å². The highest BCUT2D eigenvalue weighted by molar-refractivity contribution is 6.35. The number of fused-ring (bicyclic) bond motifs is 2. The number of hydrogen-bond donors (Lipinski definition) is 1. The van der Waals surface area contributed by atoms with Crippen molar-refractivity contribution in [2.75, 3.05) is 0 Å². The summed E-state index contributed by atoms with van der Waals surface area (Å²) in [7, 11) is 0. The van der Waals surface area contributed by atoms with Crippen LogP contribution in [0.3, 0.4) is 0 Å². The Kier molecular flexibility index (Phi) is 1.91. The molecule has 16 heavy (non-hydrogen) atoms. The molecule has 0 amide bonds. The average molecular weight is 232 g/mol. The molecule has 78 valence electrons. The van der Waals surface area contributed by atoms with Gasteiger partial charge in [0.25, 0.3) is 0 Å². The predicted octanol–water partition coefficient (Wildman–Crippen LogP) is 2.12. The number of nitrogens with zero attached hydrogens (tertiary/aromatic N) is 2. The molecule has 0 aliphatic rings. The summed E-state index contributed by atoms with van der Waals surface area (Å²) in [5.74, 6) is 0. The lowest BCUT2D eigenvalue weighted by atomic mass is 10.2. The molecule has 0 fully saturated rings. The van der Waals surface area contributed by atoms with Crippen molar-refractivity contribution in [1.29, 1.82) is 0 Å². The molecule has 0 aliphatic carbocycles. The largest absolute Gasteiger partial charge is 0.307 e. The van der Waals surface area contributed by atoms with E-state index in [-0.39, 0.29) is 5.56 Å². The minimum absolute atomic E-state index is 0.179. The monoisotopic (exact) mass is 231 g/mol. The zero-order chi connectivity index (χ0) is 11.1. The summed E-state index contributed by atoms with van der Waals surface area (Å²) in [4.78, 5) is 22.1. The Labute approximate surface area is 94.9 Å². The topological polar surface area (TPSA) is 58.6 Å². The number of nitrogens with one attached hydrogen (secondary N) is 1. The molecule has 0 aromatic carbocycles. The zero-order valence-corrected chi connectivity index (χ0v) is 8.82. The van der Waals surface area contributed by atoms with Gasteiger partial charge in [0, 0.05) is 23.0 Å². The number of halogens is 1. The van der Waals surface area contributed by atoms with Crippen LogP contribution in [0.25, 0.3) is 22.1 Å². The van der Waals surface area contributed by atoms with Crippen LogP contribution >= 0.6 is 11.6 Å². The van der Waals surface area contributed by atoms with E-state index in [1.165, 1.54) is 6.07 Å². The first-order chi connectivity index (χ1) is 7.74. The lowest BCUT2D eigenvalue weighted by Crippen LogP contribution is -2.03. The first kappa shape index (κ1) is 9.30. The molecule has 0 saturated carbocycles. The van der Waals surface area contributed by atoms with Crippen molar-refractivity contribution in [3.05, 3.63) is 45.8 Å². The summed E-state index contributed by atoms with van der Waals surface area (Å²) in [5, 5.41) is 2.22. The van der Waals surface area contributed by atoms with Crippen molar-refractivity contribution >= 4 is 33.7 Å². The molecule has 0 atom stereocenters. The highest BCUT2D eigenvalue weighted by Crippen LogP contribution is 2.22. The summed E-state index contributed by atoms with van der Waals surface area (Å²) in [5.41, 5.74) is 0.873. The third-order valence-electron chi connectivity index (χ3n) is 2.36. The number of pyridine rings is 3. The smallest absolute Gasteiger partial charge is 0.249 e. The van der Waals surface area contributed by atoms with Gasteiger partial charge in [0.1, 0.15) is 5.65 Å². The maximum Gasteiger partial charge on any atom is 0.249 e. The second kappa shape index (κ2) is 3.28. The second-order valence-corrected chi connectivity index (χ2v) is 3.82. The molecule has 3 aromatic heterocycles. The molecule has 1 N–H and O–H groups in total. The Hall–Kier alpha value is -1.94. The molecular formula is C11H6ClN3O. The molecule has 0 spiro atoms. The van der Waals surface area contributed by atoms with E-state index < -0.39 is 0 Å². The molecule has 0 radical (unpaired) electrons. The van der Waals surface area contributed by atoms with E-state index in [9.17, 15) is 4.79 Å². The minimum atomic E-state index is -0.179. The molecule has 0 saturated heterocycles. The van der Waals surface area contributed by atoms with Gasteiger partial charge in [-0.25, -0.2) is 9.97 Å². The molecule has 4 nitrogen and oxygen atoms in total. The van der Waals surface area contributed by atoms with Crippen LogP contribution in [0.1, 0.15) is 0 Å². The van der Waals surface area contributed by atoms with Gasteiger partial charge in [-0.2, -0.15) is 0 Å². The van der Waals surface area contributed by atoms with Crippen LogP contribution in [0.5, 0.6) is 0 Å². The van der Waals surface area contributed by atoms with Crippen LogP contribution in [0, 0.1) is 0 Å². The summed E-state index contributed by atoms with van der Waals surface area (Å²) >= 11 is 6.04. The normalized spacial score (nSPS) is 11.1. The van der Waals surface area contributed by atoms with Crippen LogP contribution in [-0.2, 0) is 0 Å². The van der Waals surface area contributed by atoms with E-state index in [4.69, 9.17) is 11.6 Å². The third-order valence-corrected chi connectivity index (χ3v) is 2.69. The van der Waals surface area contributed by atoms with Crippen LogP contribution in [-0.4, -0.2) is 15.0 Å². The number of rotatable bonds is 0. The minimum Gasteiger partial charge on any atom is -0.307 e. The van der Waals surface area contributed by atoms with E-state index in [1.807, 2.05) is 6.07 Å². The number of aromatic nitrogens is 3. The van der Waals surface area contributed by atoms with Gasteiger partial charge >= 0.3 is 0 Å². The molecule has 0 aliphatic heterocycles. The maximum absolute atomic E-state index is 11.1. The zero-order valence-electron chi connectivity index (χ0n) is 8.07. The Morgan fingerprint density at radius 1 is 1.25 bits per heavy atom. The fourth-order valence-corrected chi connectivity index (χ4v) is 1.80. The Balaban J connectivity index is 2.53. The van der Waals surface area contributed by atoms with Crippen molar-refractivity contribution in [2.24, 2.45) is 0 Å².